The number of methoxy groups -OCH3 is 1. The van der Waals surface area contributed by atoms with Crippen LogP contribution in [0.5, 0.6) is 5.75 Å². The van der Waals surface area contributed by atoms with E-state index in [0.717, 1.165) is 11.3 Å². The molecule has 21 heavy (non-hydrogen) atoms. The molecule has 0 spiro atoms. The Morgan fingerprint density at radius 1 is 1.33 bits per heavy atom. The molecular weight excluding hydrogens is 268 g/mol. The van der Waals surface area contributed by atoms with Crippen LogP contribution in [-0.4, -0.2) is 35.4 Å². The number of benzene rings is 1. The Bertz CT molecular complexity index is 554. The van der Waals surface area contributed by atoms with Gasteiger partial charge in [-0.25, -0.2) is 0 Å². The van der Waals surface area contributed by atoms with Crippen molar-refractivity contribution in [1.82, 2.24) is 10.2 Å². The average molecular weight is 290 g/mol. The number of carbonyl (C=O) groups excluding carboxylic acids is 2. The van der Waals surface area contributed by atoms with Crippen LogP contribution in [0.4, 0.5) is 0 Å². The Morgan fingerprint density at radius 2 is 2.05 bits per heavy atom. The van der Waals surface area contributed by atoms with Crippen LogP contribution in [-0.2, 0) is 16.1 Å². The fraction of sp³-hybridized carbons (Fsp3) is 0.500. The van der Waals surface area contributed by atoms with Crippen LogP contribution in [0.25, 0.3) is 0 Å². The molecule has 114 valence electrons. The average Bonchev–Trinajstić information content (AvgIpc) is 2.48. The number of nitrogens with zero attached hydrogens (tertiary/aromatic N) is 1. The first-order valence-electron chi connectivity index (χ1n) is 7.15. The first-order chi connectivity index (χ1) is 9.90. The number of piperazine rings is 1. The summed E-state index contributed by atoms with van der Waals surface area (Å²) in [5.74, 6) is 0.591. The number of hydrogen-bond donors (Lipinski definition) is 1. The van der Waals surface area contributed by atoms with Gasteiger partial charge in [-0.1, -0.05) is 19.1 Å². The monoisotopic (exact) mass is 290 g/mol. The molecule has 5 nitrogen and oxygen atoms in total. The first-order valence-corrected chi connectivity index (χ1v) is 7.15. The maximum absolute atomic E-state index is 12.6. The van der Waals surface area contributed by atoms with Gasteiger partial charge in [0.05, 0.1) is 7.11 Å². The minimum atomic E-state index is -0.855. The molecule has 0 aromatic heterocycles. The Morgan fingerprint density at radius 3 is 2.67 bits per heavy atom. The predicted octanol–water partition coefficient (Wildman–Crippen LogP) is 1.71. The number of rotatable bonds is 4. The molecule has 2 rings (SSSR count). The zero-order valence-electron chi connectivity index (χ0n) is 13.0. The molecule has 0 aliphatic carbocycles. The molecule has 1 saturated heterocycles. The van der Waals surface area contributed by atoms with E-state index in [9.17, 15) is 9.59 Å². The third-order valence-corrected chi connectivity index (χ3v) is 3.98. The molecule has 2 amide bonds. The van der Waals surface area contributed by atoms with Gasteiger partial charge in [0.2, 0.25) is 11.8 Å². The van der Waals surface area contributed by atoms with Gasteiger partial charge in [-0.05, 0) is 38.0 Å². The molecule has 1 atom stereocenters. The summed E-state index contributed by atoms with van der Waals surface area (Å²) in [7, 11) is 1.61. The minimum absolute atomic E-state index is 0.0371. The Balaban J connectivity index is 2.29. The molecule has 1 N–H and O–H groups in total. The third kappa shape index (κ3) is 2.86. The summed E-state index contributed by atoms with van der Waals surface area (Å²) < 4.78 is 5.20. The molecule has 0 saturated carbocycles. The van der Waals surface area contributed by atoms with E-state index in [-0.39, 0.29) is 11.8 Å². The van der Waals surface area contributed by atoms with Gasteiger partial charge in [-0.3, -0.25) is 9.59 Å². The van der Waals surface area contributed by atoms with E-state index in [1.165, 1.54) is 0 Å². The van der Waals surface area contributed by atoms with E-state index < -0.39 is 11.6 Å². The van der Waals surface area contributed by atoms with Crippen molar-refractivity contribution in [3.8, 4) is 5.75 Å². The smallest absolute Gasteiger partial charge is 0.246 e. The van der Waals surface area contributed by atoms with Crippen molar-refractivity contribution in [3.05, 3.63) is 29.8 Å². The van der Waals surface area contributed by atoms with E-state index >= 15 is 0 Å². The summed E-state index contributed by atoms with van der Waals surface area (Å²) >= 11 is 0. The zero-order valence-corrected chi connectivity index (χ0v) is 13.0. The molecule has 1 aliphatic heterocycles. The lowest BCUT2D eigenvalue weighted by Crippen LogP contribution is -2.67. The van der Waals surface area contributed by atoms with Gasteiger partial charge in [-0.2, -0.15) is 0 Å². The van der Waals surface area contributed by atoms with Gasteiger partial charge in [0.1, 0.15) is 17.3 Å². The molecule has 0 bridgehead atoms. The quantitative estimate of drug-likeness (QED) is 0.918. The zero-order chi connectivity index (χ0) is 15.6. The maximum Gasteiger partial charge on any atom is 0.246 e. The number of ether oxygens (including phenoxy) is 1. The lowest BCUT2D eigenvalue weighted by molar-refractivity contribution is -0.156. The van der Waals surface area contributed by atoms with Crippen molar-refractivity contribution in [3.63, 3.8) is 0 Å². The Labute approximate surface area is 125 Å². The highest BCUT2D eigenvalue weighted by Crippen LogP contribution is 2.25. The largest absolute Gasteiger partial charge is 0.497 e. The molecule has 1 aliphatic rings. The van der Waals surface area contributed by atoms with Crippen LogP contribution in [0.15, 0.2) is 24.3 Å². The van der Waals surface area contributed by atoms with Crippen molar-refractivity contribution in [2.75, 3.05) is 7.11 Å². The van der Waals surface area contributed by atoms with Crippen LogP contribution >= 0.6 is 0 Å². The standard InChI is InChI=1S/C16H22N2O3/c1-5-13-14(19)18(16(2,3)15(20)17-13)10-11-7-6-8-12(9-11)21-4/h6-9,13H,5,10H2,1-4H3,(H,17,20). The van der Waals surface area contributed by atoms with Crippen LogP contribution in [0.2, 0.25) is 0 Å². The first kappa shape index (κ1) is 15.4. The molecule has 1 unspecified atom stereocenters. The number of carbonyl (C=O) groups is 2. The highest BCUT2D eigenvalue weighted by molar-refractivity contribution is 5.99. The second-order valence-corrected chi connectivity index (χ2v) is 5.77. The second kappa shape index (κ2) is 5.76. The van der Waals surface area contributed by atoms with Gasteiger partial charge in [0, 0.05) is 6.54 Å². The van der Waals surface area contributed by atoms with E-state index in [2.05, 4.69) is 5.32 Å². The second-order valence-electron chi connectivity index (χ2n) is 5.77. The van der Waals surface area contributed by atoms with Gasteiger partial charge >= 0.3 is 0 Å². The van der Waals surface area contributed by atoms with E-state index in [1.807, 2.05) is 31.2 Å². The summed E-state index contributed by atoms with van der Waals surface area (Å²) in [6.45, 7) is 5.83. The lowest BCUT2D eigenvalue weighted by Gasteiger charge is -2.44. The molecule has 1 fully saturated rings. The Kier molecular flexibility index (Phi) is 4.21. The summed E-state index contributed by atoms with van der Waals surface area (Å²) in [5, 5.41) is 2.79. The van der Waals surface area contributed by atoms with Crippen LogP contribution in [0.3, 0.4) is 0 Å². The van der Waals surface area contributed by atoms with Crippen molar-refractivity contribution in [2.24, 2.45) is 0 Å². The van der Waals surface area contributed by atoms with Crippen molar-refractivity contribution < 1.29 is 14.3 Å². The van der Waals surface area contributed by atoms with Crippen LogP contribution in [0.1, 0.15) is 32.8 Å². The highest BCUT2D eigenvalue weighted by atomic mass is 16.5. The van der Waals surface area contributed by atoms with E-state index in [1.54, 1.807) is 25.9 Å². The van der Waals surface area contributed by atoms with Gasteiger partial charge in [-0.15, -0.1) is 0 Å². The number of nitrogens with one attached hydrogen (secondary N) is 1. The molecule has 1 heterocycles. The molecular formula is C16H22N2O3. The fourth-order valence-corrected chi connectivity index (χ4v) is 2.49. The molecule has 5 heteroatoms. The van der Waals surface area contributed by atoms with Crippen molar-refractivity contribution in [1.29, 1.82) is 0 Å². The summed E-state index contributed by atoms with van der Waals surface area (Å²) in [6, 6.07) is 7.12. The Hall–Kier alpha value is -2.04. The SMILES string of the molecule is CCC1NC(=O)C(C)(C)N(Cc2cccc(OC)c2)C1=O. The summed E-state index contributed by atoms with van der Waals surface area (Å²) in [5.41, 5.74) is 0.0894. The minimum Gasteiger partial charge on any atom is -0.497 e. The topological polar surface area (TPSA) is 58.6 Å². The van der Waals surface area contributed by atoms with Gasteiger partial charge in [0.15, 0.2) is 0 Å². The van der Waals surface area contributed by atoms with Crippen molar-refractivity contribution >= 4 is 11.8 Å². The molecule has 1 aromatic carbocycles. The van der Waals surface area contributed by atoms with E-state index in [4.69, 9.17) is 4.74 Å². The third-order valence-electron chi connectivity index (χ3n) is 3.98. The normalized spacial score (nSPS) is 21.1. The fourth-order valence-electron chi connectivity index (χ4n) is 2.49. The van der Waals surface area contributed by atoms with Gasteiger partial charge in [0.25, 0.3) is 0 Å². The maximum atomic E-state index is 12.6. The van der Waals surface area contributed by atoms with Crippen molar-refractivity contribution in [2.45, 2.75) is 45.3 Å². The molecule has 1 aromatic rings. The molecule has 0 radical (unpaired) electrons. The summed E-state index contributed by atoms with van der Waals surface area (Å²) in [6.07, 6.45) is 0.593. The summed E-state index contributed by atoms with van der Waals surface area (Å²) in [4.78, 5) is 26.4. The number of hydrogen-bond acceptors (Lipinski definition) is 3. The van der Waals surface area contributed by atoms with Gasteiger partial charge < -0.3 is 15.0 Å². The van der Waals surface area contributed by atoms with Crippen LogP contribution in [0, 0.1) is 0 Å². The highest BCUT2D eigenvalue weighted by Gasteiger charge is 2.45. The predicted molar refractivity (Wildman–Crippen MR) is 79.8 cm³/mol. The van der Waals surface area contributed by atoms with Crippen LogP contribution < -0.4 is 10.1 Å². The number of amides is 2. The lowest BCUT2D eigenvalue weighted by atomic mass is 9.94. The van der Waals surface area contributed by atoms with E-state index in [0.29, 0.717) is 13.0 Å².